The molecular formula is C13H14BrClN2O2. The van der Waals surface area contributed by atoms with Gasteiger partial charge in [-0.05, 0) is 41.1 Å². The van der Waals surface area contributed by atoms with Gasteiger partial charge in [-0.2, -0.15) is 5.10 Å². The summed E-state index contributed by atoms with van der Waals surface area (Å²) in [4.78, 5) is 0. The molecule has 2 rings (SSSR count). The summed E-state index contributed by atoms with van der Waals surface area (Å²) in [6.07, 6.45) is 0. The van der Waals surface area contributed by atoms with E-state index in [4.69, 9.17) is 16.3 Å². The summed E-state index contributed by atoms with van der Waals surface area (Å²) in [5.41, 5.74) is 2.53. The molecule has 0 aliphatic rings. The Labute approximate surface area is 125 Å². The second kappa shape index (κ2) is 5.94. The van der Waals surface area contributed by atoms with Crippen LogP contribution < -0.4 is 4.74 Å². The molecule has 0 atom stereocenters. The van der Waals surface area contributed by atoms with Crippen molar-refractivity contribution in [1.82, 2.24) is 9.78 Å². The fourth-order valence-corrected chi connectivity index (χ4v) is 2.44. The first-order valence-electron chi connectivity index (χ1n) is 5.73. The van der Waals surface area contributed by atoms with Crippen LogP contribution in [0.25, 0.3) is 0 Å². The van der Waals surface area contributed by atoms with Crippen LogP contribution >= 0.6 is 27.5 Å². The molecular weight excluding hydrogens is 332 g/mol. The van der Waals surface area contributed by atoms with E-state index in [1.54, 1.807) is 22.9 Å². The number of rotatable bonds is 4. The summed E-state index contributed by atoms with van der Waals surface area (Å²) in [6, 6.07) is 5.19. The van der Waals surface area contributed by atoms with Crippen molar-refractivity contribution in [3.8, 4) is 5.75 Å². The molecule has 0 aliphatic carbocycles. The molecule has 19 heavy (non-hydrogen) atoms. The van der Waals surface area contributed by atoms with E-state index < -0.39 is 0 Å². The third-order valence-electron chi connectivity index (χ3n) is 2.82. The Morgan fingerprint density at radius 3 is 2.79 bits per heavy atom. The minimum atomic E-state index is -0.110. The number of aliphatic hydroxyl groups excluding tert-OH is 1. The van der Waals surface area contributed by atoms with E-state index in [9.17, 15) is 5.11 Å². The standard InChI is InChI=1S/C13H14BrClN2O2/c1-8-13(14)11(17(2)16-8)7-19-12-4-3-10(15)5-9(12)6-18/h3-5,18H,6-7H2,1-2H3. The lowest BCUT2D eigenvalue weighted by Crippen LogP contribution is -2.05. The van der Waals surface area contributed by atoms with Crippen LogP contribution in [0.4, 0.5) is 0 Å². The number of aryl methyl sites for hydroxylation is 2. The number of benzene rings is 1. The topological polar surface area (TPSA) is 47.3 Å². The highest BCUT2D eigenvalue weighted by molar-refractivity contribution is 9.10. The lowest BCUT2D eigenvalue weighted by molar-refractivity contribution is 0.255. The molecule has 0 aliphatic heterocycles. The quantitative estimate of drug-likeness (QED) is 0.925. The molecule has 0 bridgehead atoms. The van der Waals surface area contributed by atoms with Crippen LogP contribution in [0.15, 0.2) is 22.7 Å². The molecule has 1 aromatic carbocycles. The van der Waals surface area contributed by atoms with Gasteiger partial charge in [-0.3, -0.25) is 4.68 Å². The molecule has 1 N–H and O–H groups in total. The van der Waals surface area contributed by atoms with Gasteiger partial charge in [0.1, 0.15) is 12.4 Å². The molecule has 0 amide bonds. The first kappa shape index (κ1) is 14.4. The molecule has 6 heteroatoms. The predicted molar refractivity (Wildman–Crippen MR) is 77.4 cm³/mol. The average Bonchev–Trinajstić information content (AvgIpc) is 2.62. The molecule has 0 saturated heterocycles. The normalized spacial score (nSPS) is 10.8. The fourth-order valence-electron chi connectivity index (χ4n) is 1.80. The van der Waals surface area contributed by atoms with Gasteiger partial charge in [0.2, 0.25) is 0 Å². The van der Waals surface area contributed by atoms with Crippen LogP contribution in [0.2, 0.25) is 5.02 Å². The molecule has 0 fully saturated rings. The van der Waals surface area contributed by atoms with Crippen molar-refractivity contribution >= 4 is 27.5 Å². The Morgan fingerprint density at radius 2 is 2.21 bits per heavy atom. The van der Waals surface area contributed by atoms with Crippen molar-refractivity contribution in [3.05, 3.63) is 44.6 Å². The number of aliphatic hydroxyl groups is 1. The number of hydrogen-bond acceptors (Lipinski definition) is 3. The van der Waals surface area contributed by atoms with Crippen molar-refractivity contribution < 1.29 is 9.84 Å². The van der Waals surface area contributed by atoms with Crippen LogP contribution in [-0.4, -0.2) is 14.9 Å². The van der Waals surface area contributed by atoms with Gasteiger partial charge >= 0.3 is 0 Å². The fraction of sp³-hybridized carbons (Fsp3) is 0.308. The van der Waals surface area contributed by atoms with Gasteiger partial charge in [-0.25, -0.2) is 0 Å². The average molecular weight is 346 g/mol. The third-order valence-corrected chi connectivity index (χ3v) is 4.09. The molecule has 4 nitrogen and oxygen atoms in total. The summed E-state index contributed by atoms with van der Waals surface area (Å²) in [5.74, 6) is 0.623. The Kier molecular flexibility index (Phi) is 4.50. The first-order valence-corrected chi connectivity index (χ1v) is 6.90. The zero-order valence-corrected chi connectivity index (χ0v) is 13.0. The van der Waals surface area contributed by atoms with E-state index in [0.29, 0.717) is 22.9 Å². The third kappa shape index (κ3) is 3.11. The zero-order valence-electron chi connectivity index (χ0n) is 10.7. The summed E-state index contributed by atoms with van der Waals surface area (Å²) < 4.78 is 8.45. The Bertz CT molecular complexity index is 599. The maximum atomic E-state index is 9.29. The van der Waals surface area contributed by atoms with E-state index in [1.807, 2.05) is 14.0 Å². The lowest BCUT2D eigenvalue weighted by atomic mass is 10.2. The maximum Gasteiger partial charge on any atom is 0.131 e. The number of ether oxygens (including phenoxy) is 1. The lowest BCUT2D eigenvalue weighted by Gasteiger charge is -2.11. The van der Waals surface area contributed by atoms with Crippen LogP contribution in [0, 0.1) is 6.92 Å². The summed E-state index contributed by atoms with van der Waals surface area (Å²) in [7, 11) is 1.87. The van der Waals surface area contributed by atoms with E-state index in [1.165, 1.54) is 0 Å². The summed E-state index contributed by atoms with van der Waals surface area (Å²) >= 11 is 9.37. The highest BCUT2D eigenvalue weighted by Gasteiger charge is 2.12. The van der Waals surface area contributed by atoms with Gasteiger partial charge < -0.3 is 9.84 Å². The zero-order chi connectivity index (χ0) is 14.0. The number of hydrogen-bond donors (Lipinski definition) is 1. The van der Waals surface area contributed by atoms with E-state index in [2.05, 4.69) is 21.0 Å². The van der Waals surface area contributed by atoms with Crippen LogP contribution in [0.5, 0.6) is 5.75 Å². The van der Waals surface area contributed by atoms with Gasteiger partial charge in [-0.1, -0.05) is 11.6 Å². The highest BCUT2D eigenvalue weighted by Crippen LogP contribution is 2.26. The van der Waals surface area contributed by atoms with Crippen molar-refractivity contribution in [2.75, 3.05) is 0 Å². The van der Waals surface area contributed by atoms with Crippen LogP contribution in [0.1, 0.15) is 17.0 Å². The van der Waals surface area contributed by atoms with Crippen molar-refractivity contribution in [2.24, 2.45) is 7.05 Å². The smallest absolute Gasteiger partial charge is 0.131 e. The van der Waals surface area contributed by atoms with Gasteiger partial charge in [0, 0.05) is 17.6 Å². The van der Waals surface area contributed by atoms with Crippen molar-refractivity contribution in [3.63, 3.8) is 0 Å². The van der Waals surface area contributed by atoms with Gasteiger partial charge in [0.05, 0.1) is 22.5 Å². The Hall–Kier alpha value is -1.04. The van der Waals surface area contributed by atoms with Crippen LogP contribution in [-0.2, 0) is 20.3 Å². The van der Waals surface area contributed by atoms with E-state index >= 15 is 0 Å². The number of halogens is 2. The number of nitrogens with zero attached hydrogens (tertiary/aromatic N) is 2. The second-order valence-corrected chi connectivity index (χ2v) is 5.40. The molecule has 2 aromatic rings. The van der Waals surface area contributed by atoms with E-state index in [0.717, 1.165) is 15.9 Å². The van der Waals surface area contributed by atoms with Crippen LogP contribution in [0.3, 0.4) is 0 Å². The minimum Gasteiger partial charge on any atom is -0.487 e. The van der Waals surface area contributed by atoms with Gasteiger partial charge in [-0.15, -0.1) is 0 Å². The molecule has 1 heterocycles. The molecule has 0 radical (unpaired) electrons. The molecule has 0 unspecified atom stereocenters. The minimum absolute atomic E-state index is 0.110. The predicted octanol–water partition coefficient (Wildman–Crippen LogP) is 3.22. The molecule has 1 aromatic heterocycles. The molecule has 0 spiro atoms. The van der Waals surface area contributed by atoms with Crippen molar-refractivity contribution in [1.29, 1.82) is 0 Å². The Balaban J connectivity index is 2.19. The summed E-state index contributed by atoms with van der Waals surface area (Å²) in [5, 5.41) is 14.2. The maximum absolute atomic E-state index is 9.29. The molecule has 102 valence electrons. The number of aromatic nitrogens is 2. The van der Waals surface area contributed by atoms with E-state index in [-0.39, 0.29) is 6.61 Å². The summed E-state index contributed by atoms with van der Waals surface area (Å²) in [6.45, 7) is 2.18. The SMILES string of the molecule is Cc1nn(C)c(COc2ccc(Cl)cc2CO)c1Br. The highest BCUT2D eigenvalue weighted by atomic mass is 79.9. The Morgan fingerprint density at radius 1 is 1.47 bits per heavy atom. The van der Waals surface area contributed by atoms with Gasteiger partial charge in [0.25, 0.3) is 0 Å². The van der Waals surface area contributed by atoms with Gasteiger partial charge in [0.15, 0.2) is 0 Å². The largest absolute Gasteiger partial charge is 0.487 e. The molecule has 0 saturated carbocycles. The second-order valence-electron chi connectivity index (χ2n) is 4.17. The monoisotopic (exact) mass is 344 g/mol. The first-order chi connectivity index (χ1) is 9.02. The van der Waals surface area contributed by atoms with Crippen molar-refractivity contribution in [2.45, 2.75) is 20.1 Å².